The number of nitrogens with one attached hydrogen (secondary N) is 1. The SMILES string of the molecule is Cc1ccc(F)cc1S(=O)(=O)NCC(c1cccn1C)N1CCN(C)CC1. The van der Waals surface area contributed by atoms with Crippen LogP contribution in [-0.2, 0) is 17.1 Å². The second kappa shape index (κ2) is 8.10. The van der Waals surface area contributed by atoms with Crippen LogP contribution in [0.3, 0.4) is 0 Å². The van der Waals surface area contributed by atoms with Crippen LogP contribution in [0.25, 0.3) is 0 Å². The highest BCUT2D eigenvalue weighted by Crippen LogP contribution is 2.23. The number of hydrogen-bond acceptors (Lipinski definition) is 4. The van der Waals surface area contributed by atoms with Gasteiger partial charge in [0.05, 0.1) is 10.9 Å². The van der Waals surface area contributed by atoms with E-state index in [1.807, 2.05) is 29.9 Å². The van der Waals surface area contributed by atoms with Gasteiger partial charge in [0, 0.05) is 51.7 Å². The molecule has 6 nitrogen and oxygen atoms in total. The van der Waals surface area contributed by atoms with Gasteiger partial charge in [0.25, 0.3) is 0 Å². The average molecular weight is 395 g/mol. The Balaban J connectivity index is 1.82. The molecule has 0 bridgehead atoms. The van der Waals surface area contributed by atoms with E-state index >= 15 is 0 Å². The van der Waals surface area contributed by atoms with Crippen LogP contribution >= 0.6 is 0 Å². The predicted molar refractivity (Wildman–Crippen MR) is 104 cm³/mol. The highest BCUT2D eigenvalue weighted by atomic mass is 32.2. The highest BCUT2D eigenvalue weighted by molar-refractivity contribution is 7.89. The van der Waals surface area contributed by atoms with Gasteiger partial charge >= 0.3 is 0 Å². The fraction of sp³-hybridized carbons (Fsp3) is 0.474. The molecule has 1 aliphatic rings. The van der Waals surface area contributed by atoms with E-state index in [-0.39, 0.29) is 17.5 Å². The molecule has 3 rings (SSSR count). The van der Waals surface area contributed by atoms with Crippen LogP contribution in [-0.4, -0.2) is 62.6 Å². The first-order valence-corrected chi connectivity index (χ1v) is 10.6. The molecule has 8 heteroatoms. The molecule has 0 saturated carbocycles. The lowest BCUT2D eigenvalue weighted by Crippen LogP contribution is -2.48. The summed E-state index contributed by atoms with van der Waals surface area (Å²) in [5.74, 6) is -0.556. The third-order valence-electron chi connectivity index (χ3n) is 5.21. The number of halogens is 1. The molecule has 0 spiro atoms. The van der Waals surface area contributed by atoms with Gasteiger partial charge in [-0.05, 0) is 43.8 Å². The van der Waals surface area contributed by atoms with E-state index < -0.39 is 15.8 Å². The van der Waals surface area contributed by atoms with Gasteiger partial charge in [0.2, 0.25) is 10.0 Å². The van der Waals surface area contributed by atoms with Crippen LogP contribution in [0.2, 0.25) is 0 Å². The topological polar surface area (TPSA) is 57.6 Å². The molecule has 1 aromatic carbocycles. The molecule has 2 aromatic rings. The molecule has 27 heavy (non-hydrogen) atoms. The summed E-state index contributed by atoms with van der Waals surface area (Å²) in [5.41, 5.74) is 1.58. The zero-order valence-electron chi connectivity index (χ0n) is 16.0. The number of aromatic nitrogens is 1. The Labute approximate surface area is 160 Å². The molecule has 0 aliphatic carbocycles. The van der Waals surface area contributed by atoms with E-state index in [4.69, 9.17) is 0 Å². The predicted octanol–water partition coefficient (Wildman–Crippen LogP) is 1.74. The fourth-order valence-corrected chi connectivity index (χ4v) is 4.80. The largest absolute Gasteiger partial charge is 0.353 e. The average Bonchev–Trinajstić information content (AvgIpc) is 3.04. The first-order chi connectivity index (χ1) is 12.8. The van der Waals surface area contributed by atoms with Crippen molar-refractivity contribution in [2.45, 2.75) is 17.9 Å². The molecule has 1 unspecified atom stereocenters. The molecule has 1 atom stereocenters. The maximum Gasteiger partial charge on any atom is 0.240 e. The number of sulfonamides is 1. The standard InChI is InChI=1S/C19H27FN4O2S/c1-15-6-7-16(20)13-19(15)27(25,26)21-14-18(17-5-4-8-23(17)3)24-11-9-22(2)10-12-24/h4-8,13,18,21H,9-12,14H2,1-3H3. The van der Waals surface area contributed by atoms with Crippen molar-refractivity contribution in [2.75, 3.05) is 39.8 Å². The second-order valence-corrected chi connectivity index (χ2v) is 8.90. The third kappa shape index (κ3) is 4.57. The molecule has 0 radical (unpaired) electrons. The first-order valence-electron chi connectivity index (χ1n) is 9.07. The number of rotatable bonds is 6. The van der Waals surface area contributed by atoms with Gasteiger partial charge in [-0.25, -0.2) is 17.5 Å². The molecule has 1 saturated heterocycles. The van der Waals surface area contributed by atoms with Gasteiger partial charge in [0.1, 0.15) is 5.82 Å². The van der Waals surface area contributed by atoms with E-state index in [0.717, 1.165) is 37.9 Å². The summed E-state index contributed by atoms with van der Waals surface area (Å²) in [5, 5.41) is 0. The van der Waals surface area contributed by atoms with Crippen molar-refractivity contribution < 1.29 is 12.8 Å². The van der Waals surface area contributed by atoms with Crippen LogP contribution in [0.1, 0.15) is 17.3 Å². The summed E-state index contributed by atoms with van der Waals surface area (Å²) in [6.07, 6.45) is 1.96. The molecule has 1 N–H and O–H groups in total. The summed E-state index contributed by atoms with van der Waals surface area (Å²) >= 11 is 0. The minimum absolute atomic E-state index is 0.00786. The van der Waals surface area contributed by atoms with Gasteiger partial charge in [-0.1, -0.05) is 6.07 Å². The minimum atomic E-state index is -3.80. The van der Waals surface area contributed by atoms with Gasteiger partial charge in [-0.3, -0.25) is 4.90 Å². The molecular formula is C19H27FN4O2S. The molecule has 1 aliphatic heterocycles. The van der Waals surface area contributed by atoms with E-state index in [2.05, 4.69) is 21.6 Å². The summed E-state index contributed by atoms with van der Waals surface area (Å²) < 4.78 is 43.9. The number of likely N-dealkylation sites (N-methyl/N-ethyl adjacent to an activating group) is 1. The van der Waals surface area contributed by atoms with Crippen LogP contribution in [0.15, 0.2) is 41.4 Å². The van der Waals surface area contributed by atoms with Gasteiger partial charge in [0.15, 0.2) is 0 Å². The van der Waals surface area contributed by atoms with Crippen molar-refractivity contribution in [1.82, 2.24) is 19.1 Å². The van der Waals surface area contributed by atoms with E-state index in [0.29, 0.717) is 5.56 Å². The second-order valence-electron chi connectivity index (χ2n) is 7.16. The van der Waals surface area contributed by atoms with Gasteiger partial charge in [-0.2, -0.15) is 0 Å². The summed E-state index contributed by atoms with van der Waals surface area (Å²) in [7, 11) is 0.251. The van der Waals surface area contributed by atoms with Crippen molar-refractivity contribution in [3.05, 3.63) is 53.6 Å². The lowest BCUT2D eigenvalue weighted by molar-refractivity contribution is 0.109. The molecule has 2 heterocycles. The lowest BCUT2D eigenvalue weighted by atomic mass is 10.1. The van der Waals surface area contributed by atoms with E-state index in [1.54, 1.807) is 6.92 Å². The quantitative estimate of drug-likeness (QED) is 0.811. The normalized spacial score (nSPS) is 17.9. The lowest BCUT2D eigenvalue weighted by Gasteiger charge is -2.38. The number of nitrogens with zero attached hydrogens (tertiary/aromatic N) is 3. The van der Waals surface area contributed by atoms with Crippen LogP contribution in [0, 0.1) is 12.7 Å². The monoisotopic (exact) mass is 394 g/mol. The van der Waals surface area contributed by atoms with Crippen molar-refractivity contribution in [3.8, 4) is 0 Å². The molecule has 1 aromatic heterocycles. The Morgan fingerprint density at radius 3 is 2.48 bits per heavy atom. The number of hydrogen-bond donors (Lipinski definition) is 1. The number of benzene rings is 1. The Hall–Kier alpha value is -1.74. The first kappa shape index (κ1) is 20.0. The number of aryl methyl sites for hydroxylation is 2. The maximum absolute atomic E-state index is 13.6. The smallest absolute Gasteiger partial charge is 0.240 e. The van der Waals surface area contributed by atoms with Crippen LogP contribution in [0.5, 0.6) is 0 Å². The zero-order chi connectivity index (χ0) is 19.6. The summed E-state index contributed by atoms with van der Waals surface area (Å²) in [6.45, 7) is 5.52. The van der Waals surface area contributed by atoms with Gasteiger partial charge < -0.3 is 9.47 Å². The van der Waals surface area contributed by atoms with Crippen LogP contribution < -0.4 is 4.72 Å². The molecule has 0 amide bonds. The van der Waals surface area contributed by atoms with Crippen molar-refractivity contribution >= 4 is 10.0 Å². The Kier molecular flexibility index (Phi) is 6.00. The Morgan fingerprint density at radius 1 is 1.15 bits per heavy atom. The Morgan fingerprint density at radius 2 is 1.85 bits per heavy atom. The maximum atomic E-state index is 13.6. The molecule has 148 valence electrons. The Bertz CT molecular complexity index is 889. The van der Waals surface area contributed by atoms with Crippen molar-refractivity contribution in [3.63, 3.8) is 0 Å². The van der Waals surface area contributed by atoms with E-state index in [1.165, 1.54) is 12.1 Å². The van der Waals surface area contributed by atoms with Gasteiger partial charge in [-0.15, -0.1) is 0 Å². The zero-order valence-corrected chi connectivity index (χ0v) is 16.8. The summed E-state index contributed by atoms with van der Waals surface area (Å²) in [4.78, 5) is 4.56. The van der Waals surface area contributed by atoms with E-state index in [9.17, 15) is 12.8 Å². The number of piperazine rings is 1. The van der Waals surface area contributed by atoms with Crippen molar-refractivity contribution in [2.24, 2.45) is 7.05 Å². The summed E-state index contributed by atoms with van der Waals surface area (Å²) in [6, 6.07) is 7.73. The molecular weight excluding hydrogens is 367 g/mol. The van der Waals surface area contributed by atoms with Crippen LogP contribution in [0.4, 0.5) is 4.39 Å². The minimum Gasteiger partial charge on any atom is -0.353 e. The fourth-order valence-electron chi connectivity index (χ4n) is 3.50. The third-order valence-corrected chi connectivity index (χ3v) is 6.78. The van der Waals surface area contributed by atoms with Crippen molar-refractivity contribution in [1.29, 1.82) is 0 Å². The highest BCUT2D eigenvalue weighted by Gasteiger charge is 2.28. The molecule has 1 fully saturated rings.